The van der Waals surface area contributed by atoms with E-state index >= 15 is 0 Å². The minimum Gasteiger partial charge on any atom is -0.493 e. The van der Waals surface area contributed by atoms with Crippen LogP contribution >= 0.6 is 11.6 Å². The summed E-state index contributed by atoms with van der Waals surface area (Å²) in [4.78, 5) is 10.9. The van der Waals surface area contributed by atoms with Crippen molar-refractivity contribution in [1.82, 2.24) is 0 Å². The van der Waals surface area contributed by atoms with E-state index in [0.29, 0.717) is 29.4 Å². The van der Waals surface area contributed by atoms with Crippen LogP contribution in [0, 0.1) is 6.92 Å². The lowest BCUT2D eigenvalue weighted by Gasteiger charge is -2.14. The van der Waals surface area contributed by atoms with Crippen LogP contribution in [0.3, 0.4) is 0 Å². The van der Waals surface area contributed by atoms with E-state index in [1.54, 1.807) is 6.07 Å². The molecule has 0 saturated heterocycles. The van der Waals surface area contributed by atoms with Crippen LogP contribution in [0.1, 0.15) is 37.8 Å². The van der Waals surface area contributed by atoms with Crippen molar-refractivity contribution >= 4 is 23.1 Å². The smallest absolute Gasteiger partial charge is 0.328 e. The van der Waals surface area contributed by atoms with Crippen molar-refractivity contribution in [1.29, 1.82) is 0 Å². The Balaban J connectivity index is 3.29. The predicted octanol–water partition coefficient (Wildman–Crippen LogP) is 4.32. The zero-order valence-corrected chi connectivity index (χ0v) is 12.3. The maximum Gasteiger partial charge on any atom is 0.328 e. The highest BCUT2D eigenvalue weighted by Gasteiger charge is 2.12. The number of ether oxygens (including phenoxy) is 1. The van der Waals surface area contributed by atoms with Crippen molar-refractivity contribution in [3.8, 4) is 5.75 Å². The number of aryl methyl sites for hydroxylation is 1. The monoisotopic (exact) mass is 282 g/mol. The molecular formula is C15H19ClO3. The van der Waals surface area contributed by atoms with E-state index < -0.39 is 5.97 Å². The Kier molecular flexibility index (Phi) is 5.90. The Hall–Kier alpha value is -1.48. The first-order chi connectivity index (χ1) is 8.99. The molecule has 0 bridgehead atoms. The van der Waals surface area contributed by atoms with Gasteiger partial charge in [0.1, 0.15) is 5.75 Å². The van der Waals surface area contributed by atoms with Crippen molar-refractivity contribution in [3.63, 3.8) is 0 Å². The molecule has 1 aromatic carbocycles. The van der Waals surface area contributed by atoms with Crippen molar-refractivity contribution in [3.05, 3.63) is 34.4 Å². The Bertz CT molecular complexity index is 492. The van der Waals surface area contributed by atoms with Gasteiger partial charge in [0, 0.05) is 16.7 Å². The largest absolute Gasteiger partial charge is 0.493 e. The Morgan fingerprint density at radius 3 is 2.63 bits per heavy atom. The number of benzene rings is 1. The maximum absolute atomic E-state index is 10.9. The highest BCUT2D eigenvalue weighted by molar-refractivity contribution is 6.31. The molecule has 0 unspecified atom stereocenters. The van der Waals surface area contributed by atoms with Gasteiger partial charge in [-0.15, -0.1) is 0 Å². The minimum absolute atomic E-state index is 0.595. The van der Waals surface area contributed by atoms with Crippen molar-refractivity contribution in [2.45, 2.75) is 33.6 Å². The molecule has 0 aromatic heterocycles. The van der Waals surface area contributed by atoms with E-state index in [9.17, 15) is 4.79 Å². The van der Waals surface area contributed by atoms with Crippen molar-refractivity contribution in [2.24, 2.45) is 0 Å². The molecular weight excluding hydrogens is 264 g/mol. The number of carboxylic acids is 1. The van der Waals surface area contributed by atoms with Crippen LogP contribution in [0.25, 0.3) is 5.57 Å². The molecule has 0 fully saturated rings. The number of aliphatic carboxylic acids is 1. The number of hydrogen-bond donors (Lipinski definition) is 1. The highest BCUT2D eigenvalue weighted by Crippen LogP contribution is 2.33. The van der Waals surface area contributed by atoms with Gasteiger partial charge in [-0.3, -0.25) is 0 Å². The summed E-state index contributed by atoms with van der Waals surface area (Å²) in [5.41, 5.74) is 2.39. The number of rotatable bonds is 6. The van der Waals surface area contributed by atoms with E-state index in [0.717, 1.165) is 17.5 Å². The quantitative estimate of drug-likeness (QED) is 0.791. The molecule has 0 radical (unpaired) electrons. The molecule has 1 aromatic rings. The summed E-state index contributed by atoms with van der Waals surface area (Å²) in [6.45, 7) is 6.43. The second-order valence-corrected chi connectivity index (χ2v) is 4.71. The molecule has 0 amide bonds. The van der Waals surface area contributed by atoms with E-state index in [1.807, 2.05) is 26.8 Å². The summed E-state index contributed by atoms with van der Waals surface area (Å²) in [6, 6.07) is 3.64. The lowest BCUT2D eigenvalue weighted by atomic mass is 10.0. The standard InChI is InChI=1S/C15H19ClO3/c1-4-6-19-14-7-10(3)13(16)9-12(14)11(5-2)8-15(17)18/h7-9H,4-6H2,1-3H3,(H,17,18)/b11-8+. The van der Waals surface area contributed by atoms with Gasteiger partial charge in [0.15, 0.2) is 0 Å². The van der Waals surface area contributed by atoms with Gasteiger partial charge in [-0.05, 0) is 43.0 Å². The first-order valence-corrected chi connectivity index (χ1v) is 6.74. The number of halogens is 1. The lowest BCUT2D eigenvalue weighted by molar-refractivity contribution is -0.131. The molecule has 0 saturated carbocycles. The Labute approximate surface area is 118 Å². The van der Waals surface area contributed by atoms with Crippen molar-refractivity contribution < 1.29 is 14.6 Å². The third-order valence-corrected chi connectivity index (χ3v) is 3.15. The molecule has 0 atom stereocenters. The number of allylic oxidation sites excluding steroid dienone is 1. The Morgan fingerprint density at radius 2 is 2.11 bits per heavy atom. The van der Waals surface area contributed by atoms with Crippen molar-refractivity contribution in [2.75, 3.05) is 6.61 Å². The van der Waals surface area contributed by atoms with Crippen LogP contribution < -0.4 is 4.74 Å². The Morgan fingerprint density at radius 1 is 1.42 bits per heavy atom. The van der Waals surface area contributed by atoms with E-state index in [4.69, 9.17) is 21.4 Å². The topological polar surface area (TPSA) is 46.5 Å². The van der Waals surface area contributed by atoms with Crippen LogP contribution in [0.4, 0.5) is 0 Å². The third-order valence-electron chi connectivity index (χ3n) is 2.75. The number of carboxylic acid groups (broad SMARTS) is 1. The van der Waals surface area contributed by atoms with E-state index in [2.05, 4.69) is 0 Å². The van der Waals surface area contributed by atoms with Crippen LogP contribution in [-0.4, -0.2) is 17.7 Å². The summed E-state index contributed by atoms with van der Waals surface area (Å²) >= 11 is 6.13. The zero-order valence-electron chi connectivity index (χ0n) is 11.5. The molecule has 0 aliphatic heterocycles. The van der Waals surface area contributed by atoms with Gasteiger partial charge in [-0.25, -0.2) is 4.79 Å². The highest BCUT2D eigenvalue weighted by atomic mass is 35.5. The second-order valence-electron chi connectivity index (χ2n) is 4.31. The molecule has 0 spiro atoms. The molecule has 3 nitrogen and oxygen atoms in total. The summed E-state index contributed by atoms with van der Waals surface area (Å²) in [5, 5.41) is 9.53. The van der Waals surface area contributed by atoms with Gasteiger partial charge in [0.2, 0.25) is 0 Å². The molecule has 1 N–H and O–H groups in total. The average molecular weight is 283 g/mol. The predicted molar refractivity (Wildman–Crippen MR) is 77.9 cm³/mol. The fourth-order valence-corrected chi connectivity index (χ4v) is 1.92. The van der Waals surface area contributed by atoms with Crippen LogP contribution in [0.15, 0.2) is 18.2 Å². The number of hydrogen-bond acceptors (Lipinski definition) is 2. The average Bonchev–Trinajstić information content (AvgIpc) is 2.36. The van der Waals surface area contributed by atoms with Gasteiger partial charge >= 0.3 is 5.97 Å². The van der Waals surface area contributed by atoms with Gasteiger partial charge in [-0.2, -0.15) is 0 Å². The first-order valence-electron chi connectivity index (χ1n) is 6.36. The van der Waals surface area contributed by atoms with E-state index in [1.165, 1.54) is 6.08 Å². The maximum atomic E-state index is 10.9. The zero-order chi connectivity index (χ0) is 14.4. The molecule has 104 valence electrons. The van der Waals surface area contributed by atoms with Crippen LogP contribution in [0.2, 0.25) is 5.02 Å². The third kappa shape index (κ3) is 4.28. The lowest BCUT2D eigenvalue weighted by Crippen LogP contribution is -2.01. The van der Waals surface area contributed by atoms with Gasteiger partial charge in [-0.1, -0.05) is 25.4 Å². The number of carbonyl (C=O) groups is 1. The molecule has 0 heterocycles. The SMILES string of the molecule is CCCOc1cc(C)c(Cl)cc1/C(=C/C(=O)O)CC. The molecule has 19 heavy (non-hydrogen) atoms. The van der Waals surface area contributed by atoms with E-state index in [-0.39, 0.29) is 0 Å². The molecule has 0 aliphatic rings. The van der Waals surface area contributed by atoms with Gasteiger partial charge < -0.3 is 9.84 Å². The summed E-state index contributed by atoms with van der Waals surface area (Å²) in [5.74, 6) is -0.270. The van der Waals surface area contributed by atoms with Gasteiger partial charge in [0.25, 0.3) is 0 Å². The molecule has 4 heteroatoms. The van der Waals surface area contributed by atoms with Gasteiger partial charge in [0.05, 0.1) is 6.61 Å². The second kappa shape index (κ2) is 7.19. The van der Waals surface area contributed by atoms with Crippen LogP contribution in [0.5, 0.6) is 5.75 Å². The fourth-order valence-electron chi connectivity index (χ4n) is 1.76. The molecule has 1 rings (SSSR count). The fraction of sp³-hybridized carbons (Fsp3) is 0.400. The summed E-state index contributed by atoms with van der Waals surface area (Å²) in [7, 11) is 0. The minimum atomic E-state index is -0.963. The first kappa shape index (κ1) is 15.6. The summed E-state index contributed by atoms with van der Waals surface area (Å²) < 4.78 is 5.69. The van der Waals surface area contributed by atoms with Crippen LogP contribution in [-0.2, 0) is 4.79 Å². The summed E-state index contributed by atoms with van der Waals surface area (Å²) in [6.07, 6.45) is 2.71. The normalized spacial score (nSPS) is 11.5. The molecule has 0 aliphatic carbocycles.